The maximum absolute atomic E-state index is 6.10. The van der Waals surface area contributed by atoms with Gasteiger partial charge >= 0.3 is 0 Å². The Morgan fingerprint density at radius 1 is 0.469 bits per heavy atom. The Morgan fingerprint density at radius 3 is 1.97 bits per heavy atom. The highest BCUT2D eigenvalue weighted by atomic mass is 16.3. The Morgan fingerprint density at radius 2 is 1.16 bits per heavy atom. The van der Waals surface area contributed by atoms with E-state index in [2.05, 4.69) is 96.3 Å². The molecule has 1 aromatic heterocycles. The highest BCUT2D eigenvalue weighted by Gasteiger charge is 2.11. The summed E-state index contributed by atoms with van der Waals surface area (Å²) in [7, 11) is 0. The average molecular weight is 412 g/mol. The number of fused-ring (bicyclic) bond motifs is 3. The first-order valence-electron chi connectivity index (χ1n) is 10.8. The summed E-state index contributed by atoms with van der Waals surface area (Å²) >= 11 is 0. The molecule has 0 atom stereocenters. The molecular formula is C30H21NO. The monoisotopic (exact) mass is 411 g/mol. The lowest BCUT2D eigenvalue weighted by molar-refractivity contribution is 0.669. The van der Waals surface area contributed by atoms with E-state index in [0.29, 0.717) is 0 Å². The first-order chi connectivity index (χ1) is 15.8. The third kappa shape index (κ3) is 3.32. The van der Waals surface area contributed by atoms with E-state index in [-0.39, 0.29) is 0 Å². The predicted molar refractivity (Wildman–Crippen MR) is 134 cm³/mol. The van der Waals surface area contributed by atoms with E-state index in [1.54, 1.807) is 0 Å². The Hall–Kier alpha value is -4.30. The molecule has 0 bridgehead atoms. The summed E-state index contributed by atoms with van der Waals surface area (Å²) in [4.78, 5) is 0. The van der Waals surface area contributed by atoms with Gasteiger partial charge in [0.2, 0.25) is 0 Å². The Labute approximate surface area is 186 Å². The zero-order chi connectivity index (χ0) is 21.3. The molecule has 0 fully saturated rings. The molecule has 6 aromatic rings. The number of benzene rings is 5. The highest BCUT2D eigenvalue weighted by molar-refractivity contribution is 6.05. The second-order valence-corrected chi connectivity index (χ2v) is 7.93. The molecule has 1 N–H and O–H groups in total. The molecule has 2 nitrogen and oxygen atoms in total. The molecule has 0 saturated carbocycles. The first-order valence-corrected chi connectivity index (χ1v) is 10.8. The summed E-state index contributed by atoms with van der Waals surface area (Å²) in [5.74, 6) is 0. The number of furan rings is 1. The van der Waals surface area contributed by atoms with E-state index in [4.69, 9.17) is 4.42 Å². The van der Waals surface area contributed by atoms with Gasteiger partial charge in [0.1, 0.15) is 11.2 Å². The SMILES string of the molecule is c1ccc(-c2ccc(-c3ccccc3)c(Nc3ccc4c(c3)oc3ccccc34)c2)cc1. The normalized spacial score (nSPS) is 11.1. The van der Waals surface area contributed by atoms with Crippen LogP contribution in [0.2, 0.25) is 0 Å². The molecule has 0 amide bonds. The highest BCUT2D eigenvalue weighted by Crippen LogP contribution is 2.36. The van der Waals surface area contributed by atoms with E-state index >= 15 is 0 Å². The minimum absolute atomic E-state index is 0.886. The zero-order valence-corrected chi connectivity index (χ0v) is 17.5. The molecule has 0 aliphatic carbocycles. The number of hydrogen-bond donors (Lipinski definition) is 1. The van der Waals surface area contributed by atoms with Gasteiger partial charge in [-0.15, -0.1) is 0 Å². The quantitative estimate of drug-likeness (QED) is 0.314. The Bertz CT molecular complexity index is 1530. The molecule has 152 valence electrons. The Kier molecular flexibility index (Phi) is 4.47. The van der Waals surface area contributed by atoms with E-state index in [0.717, 1.165) is 38.9 Å². The molecule has 0 aliphatic rings. The number of rotatable bonds is 4. The van der Waals surface area contributed by atoms with E-state index in [1.807, 2.05) is 30.3 Å². The van der Waals surface area contributed by atoms with E-state index in [9.17, 15) is 0 Å². The van der Waals surface area contributed by atoms with Gasteiger partial charge in [0.05, 0.1) is 0 Å². The number of nitrogens with one attached hydrogen (secondary N) is 1. The van der Waals surface area contributed by atoms with Crippen molar-refractivity contribution in [2.24, 2.45) is 0 Å². The van der Waals surface area contributed by atoms with Crippen LogP contribution < -0.4 is 5.32 Å². The second-order valence-electron chi connectivity index (χ2n) is 7.93. The van der Waals surface area contributed by atoms with Crippen molar-refractivity contribution < 1.29 is 4.42 Å². The average Bonchev–Trinajstić information content (AvgIpc) is 3.23. The van der Waals surface area contributed by atoms with Gasteiger partial charge in [0.15, 0.2) is 0 Å². The standard InChI is InChI=1S/C30H21NO/c1-3-9-21(10-4-1)23-15-17-25(22-11-5-2-6-12-22)28(19-23)31-24-16-18-27-26-13-7-8-14-29(26)32-30(27)20-24/h1-20,31H. The predicted octanol–water partition coefficient (Wildman–Crippen LogP) is 8.66. The van der Waals surface area contributed by atoms with Gasteiger partial charge < -0.3 is 9.73 Å². The van der Waals surface area contributed by atoms with E-state index < -0.39 is 0 Å². The van der Waals surface area contributed by atoms with Crippen molar-refractivity contribution in [3.63, 3.8) is 0 Å². The van der Waals surface area contributed by atoms with Crippen LogP contribution in [0, 0.1) is 0 Å². The van der Waals surface area contributed by atoms with Crippen molar-refractivity contribution in [2.45, 2.75) is 0 Å². The molecule has 1 heterocycles. The van der Waals surface area contributed by atoms with Crippen molar-refractivity contribution in [2.75, 3.05) is 5.32 Å². The third-order valence-electron chi connectivity index (χ3n) is 5.87. The summed E-state index contributed by atoms with van der Waals surface area (Å²) in [5.41, 5.74) is 8.58. The van der Waals surface area contributed by atoms with Gasteiger partial charge in [-0.1, -0.05) is 91.0 Å². The summed E-state index contributed by atoms with van der Waals surface area (Å²) in [6.07, 6.45) is 0. The second kappa shape index (κ2) is 7.75. The van der Waals surface area contributed by atoms with Crippen molar-refractivity contribution >= 4 is 33.3 Å². The molecular weight excluding hydrogens is 390 g/mol. The van der Waals surface area contributed by atoms with Crippen molar-refractivity contribution in [1.82, 2.24) is 0 Å². The minimum atomic E-state index is 0.886. The minimum Gasteiger partial charge on any atom is -0.456 e. The van der Waals surface area contributed by atoms with Crippen molar-refractivity contribution in [1.29, 1.82) is 0 Å². The van der Waals surface area contributed by atoms with Crippen molar-refractivity contribution in [3.05, 3.63) is 121 Å². The molecule has 0 radical (unpaired) electrons. The molecule has 0 saturated heterocycles. The van der Waals surface area contributed by atoms with Crippen LogP contribution in [0.15, 0.2) is 126 Å². The lowest BCUT2D eigenvalue weighted by atomic mass is 9.98. The third-order valence-corrected chi connectivity index (χ3v) is 5.87. The molecule has 5 aromatic carbocycles. The zero-order valence-electron chi connectivity index (χ0n) is 17.5. The lowest BCUT2D eigenvalue weighted by Crippen LogP contribution is -1.94. The van der Waals surface area contributed by atoms with Crippen molar-refractivity contribution in [3.8, 4) is 22.3 Å². The van der Waals surface area contributed by atoms with E-state index in [1.165, 1.54) is 16.7 Å². The van der Waals surface area contributed by atoms with Crippen LogP contribution >= 0.6 is 0 Å². The number of para-hydroxylation sites is 1. The van der Waals surface area contributed by atoms with Gasteiger partial charge in [-0.05, 0) is 41.0 Å². The number of anilines is 2. The summed E-state index contributed by atoms with van der Waals surface area (Å²) < 4.78 is 6.10. The maximum atomic E-state index is 6.10. The summed E-state index contributed by atoms with van der Waals surface area (Å²) in [5, 5.41) is 5.93. The molecule has 6 rings (SSSR count). The Balaban J connectivity index is 1.46. The van der Waals surface area contributed by atoms with Crippen LogP contribution in [-0.2, 0) is 0 Å². The van der Waals surface area contributed by atoms with Crippen LogP contribution in [0.3, 0.4) is 0 Å². The molecule has 32 heavy (non-hydrogen) atoms. The molecule has 2 heteroatoms. The number of hydrogen-bond acceptors (Lipinski definition) is 2. The fourth-order valence-electron chi connectivity index (χ4n) is 4.29. The largest absolute Gasteiger partial charge is 0.456 e. The summed E-state index contributed by atoms with van der Waals surface area (Å²) in [6.45, 7) is 0. The first kappa shape index (κ1) is 18.5. The van der Waals surface area contributed by atoms with Gasteiger partial charge in [-0.3, -0.25) is 0 Å². The van der Waals surface area contributed by atoms with Gasteiger partial charge in [-0.2, -0.15) is 0 Å². The van der Waals surface area contributed by atoms with Crippen LogP contribution in [0.25, 0.3) is 44.2 Å². The van der Waals surface area contributed by atoms with Gasteiger partial charge in [0, 0.05) is 33.8 Å². The smallest absolute Gasteiger partial charge is 0.137 e. The van der Waals surface area contributed by atoms with Crippen LogP contribution in [0.1, 0.15) is 0 Å². The molecule has 0 aliphatic heterocycles. The fraction of sp³-hybridized carbons (Fsp3) is 0. The molecule has 0 spiro atoms. The van der Waals surface area contributed by atoms with Crippen LogP contribution in [-0.4, -0.2) is 0 Å². The van der Waals surface area contributed by atoms with Gasteiger partial charge in [-0.25, -0.2) is 0 Å². The lowest BCUT2D eigenvalue weighted by Gasteiger charge is -2.15. The van der Waals surface area contributed by atoms with Gasteiger partial charge in [0.25, 0.3) is 0 Å². The summed E-state index contributed by atoms with van der Waals surface area (Å²) in [6, 6.07) is 42.1. The molecule has 0 unspecified atom stereocenters. The maximum Gasteiger partial charge on any atom is 0.137 e. The fourth-order valence-corrected chi connectivity index (χ4v) is 4.29. The topological polar surface area (TPSA) is 25.2 Å². The van der Waals surface area contributed by atoms with Crippen LogP contribution in [0.4, 0.5) is 11.4 Å². The van der Waals surface area contributed by atoms with Crippen LogP contribution in [0.5, 0.6) is 0 Å².